The summed E-state index contributed by atoms with van der Waals surface area (Å²) in [5.41, 5.74) is 6.12. The van der Waals surface area contributed by atoms with Crippen molar-refractivity contribution in [1.82, 2.24) is 19.9 Å². The molecule has 0 aliphatic rings. The van der Waals surface area contributed by atoms with Crippen LogP contribution in [0.4, 0.5) is 4.39 Å². The van der Waals surface area contributed by atoms with Crippen molar-refractivity contribution in [3.05, 3.63) is 78.5 Å². The number of hydrogen-bond donors (Lipinski definition) is 1. The third-order valence-electron chi connectivity index (χ3n) is 4.92. The Balaban J connectivity index is 1.79. The Morgan fingerprint density at radius 2 is 1.71 bits per heavy atom. The molecule has 142 valence electrons. The van der Waals surface area contributed by atoms with Gasteiger partial charge >= 0.3 is 0 Å². The van der Waals surface area contributed by atoms with Gasteiger partial charge in [0.15, 0.2) is 0 Å². The van der Waals surface area contributed by atoms with Gasteiger partial charge in [-0.25, -0.2) is 8.91 Å². The fourth-order valence-electron chi connectivity index (χ4n) is 3.48. The highest BCUT2D eigenvalue weighted by molar-refractivity contribution is 5.92. The number of nitrogens with one attached hydrogen (secondary N) is 1. The van der Waals surface area contributed by atoms with Crippen LogP contribution in [0, 0.1) is 5.82 Å². The van der Waals surface area contributed by atoms with Crippen LogP contribution in [-0.4, -0.2) is 28.2 Å². The standard InChI is InChI=1S/C23H23FN4/c1-25-13-3-2-4-17-5-10-21-22(18-11-14-26-15-12-18)23(27-28(21)16-17)19-6-8-20(24)9-7-19/h5-12,14-16,25H,2-4,13H2,1H3. The van der Waals surface area contributed by atoms with Crippen molar-refractivity contribution in [1.29, 1.82) is 0 Å². The molecule has 4 rings (SSSR count). The van der Waals surface area contributed by atoms with Gasteiger partial charge in [-0.1, -0.05) is 6.07 Å². The minimum absolute atomic E-state index is 0.248. The number of fused-ring (bicyclic) bond motifs is 1. The summed E-state index contributed by atoms with van der Waals surface area (Å²) in [7, 11) is 1.98. The van der Waals surface area contributed by atoms with Crippen molar-refractivity contribution >= 4 is 5.52 Å². The minimum Gasteiger partial charge on any atom is -0.320 e. The molecule has 0 bridgehead atoms. The fraction of sp³-hybridized carbons (Fsp3) is 0.217. The Morgan fingerprint density at radius 3 is 2.46 bits per heavy atom. The second kappa shape index (κ2) is 8.31. The van der Waals surface area contributed by atoms with E-state index in [0.717, 1.165) is 53.7 Å². The molecule has 3 aromatic heterocycles. The second-order valence-electron chi connectivity index (χ2n) is 6.89. The van der Waals surface area contributed by atoms with Crippen molar-refractivity contribution in [2.45, 2.75) is 19.3 Å². The normalized spacial score (nSPS) is 11.2. The van der Waals surface area contributed by atoms with Crippen molar-refractivity contribution in [2.24, 2.45) is 0 Å². The van der Waals surface area contributed by atoms with Crippen molar-refractivity contribution in [3.63, 3.8) is 0 Å². The molecule has 5 heteroatoms. The molecule has 0 fully saturated rings. The van der Waals surface area contributed by atoms with Gasteiger partial charge in [-0.15, -0.1) is 0 Å². The topological polar surface area (TPSA) is 42.2 Å². The van der Waals surface area contributed by atoms with Crippen LogP contribution >= 0.6 is 0 Å². The Morgan fingerprint density at radius 1 is 0.929 bits per heavy atom. The molecular formula is C23H23FN4. The first-order valence-corrected chi connectivity index (χ1v) is 9.58. The molecule has 1 N–H and O–H groups in total. The highest BCUT2D eigenvalue weighted by Crippen LogP contribution is 2.35. The second-order valence-corrected chi connectivity index (χ2v) is 6.89. The molecule has 28 heavy (non-hydrogen) atoms. The predicted molar refractivity (Wildman–Crippen MR) is 111 cm³/mol. The summed E-state index contributed by atoms with van der Waals surface area (Å²) in [6.45, 7) is 1.03. The van der Waals surface area contributed by atoms with Gasteiger partial charge in [0.05, 0.1) is 5.52 Å². The third kappa shape index (κ3) is 3.80. The van der Waals surface area contributed by atoms with Crippen LogP contribution in [0.15, 0.2) is 67.1 Å². The number of unbranched alkanes of at least 4 members (excludes halogenated alkanes) is 1. The predicted octanol–water partition coefficient (Wildman–Crippen LogP) is 4.74. The lowest BCUT2D eigenvalue weighted by Gasteiger charge is -2.05. The van der Waals surface area contributed by atoms with Crippen molar-refractivity contribution in [3.8, 4) is 22.4 Å². The van der Waals surface area contributed by atoms with E-state index in [2.05, 4.69) is 28.6 Å². The van der Waals surface area contributed by atoms with Crippen molar-refractivity contribution < 1.29 is 4.39 Å². The fourth-order valence-corrected chi connectivity index (χ4v) is 3.48. The third-order valence-corrected chi connectivity index (χ3v) is 4.92. The largest absolute Gasteiger partial charge is 0.320 e. The van der Waals surface area contributed by atoms with Gasteiger partial charge in [-0.3, -0.25) is 4.98 Å². The van der Waals surface area contributed by atoms with Crippen LogP contribution in [0.25, 0.3) is 27.9 Å². The minimum atomic E-state index is -0.248. The number of hydrogen-bond acceptors (Lipinski definition) is 3. The van der Waals surface area contributed by atoms with Crippen molar-refractivity contribution in [2.75, 3.05) is 13.6 Å². The van der Waals surface area contributed by atoms with Gasteiger partial charge in [0.2, 0.25) is 0 Å². The molecule has 0 aliphatic carbocycles. The molecule has 0 unspecified atom stereocenters. The molecule has 0 aliphatic heterocycles. The zero-order valence-electron chi connectivity index (χ0n) is 15.9. The lowest BCUT2D eigenvalue weighted by molar-refractivity contribution is 0.628. The van der Waals surface area contributed by atoms with E-state index in [0.29, 0.717) is 0 Å². The number of pyridine rings is 2. The van der Waals surface area contributed by atoms with Gasteiger partial charge in [0.1, 0.15) is 11.5 Å². The maximum absolute atomic E-state index is 13.4. The number of nitrogens with zero attached hydrogens (tertiary/aromatic N) is 3. The zero-order chi connectivity index (χ0) is 19.3. The Hall–Kier alpha value is -3.05. The number of aryl methyl sites for hydroxylation is 1. The van der Waals surface area contributed by atoms with E-state index in [1.807, 2.05) is 23.7 Å². The Kier molecular flexibility index (Phi) is 5.44. The average Bonchev–Trinajstić information content (AvgIpc) is 3.11. The first-order valence-electron chi connectivity index (χ1n) is 9.58. The maximum Gasteiger partial charge on any atom is 0.123 e. The zero-order valence-corrected chi connectivity index (χ0v) is 15.9. The number of benzene rings is 1. The first kappa shape index (κ1) is 18.3. The number of aromatic nitrogens is 3. The van der Waals surface area contributed by atoms with E-state index in [9.17, 15) is 4.39 Å². The molecule has 0 radical (unpaired) electrons. The summed E-state index contributed by atoms with van der Waals surface area (Å²) in [5, 5.41) is 8.04. The molecule has 4 nitrogen and oxygen atoms in total. The molecule has 0 spiro atoms. The highest BCUT2D eigenvalue weighted by Gasteiger charge is 2.16. The van der Waals surface area contributed by atoms with E-state index in [1.54, 1.807) is 24.5 Å². The quantitative estimate of drug-likeness (QED) is 0.475. The van der Waals surface area contributed by atoms with Gasteiger partial charge in [-0.2, -0.15) is 5.10 Å². The van der Waals surface area contributed by atoms with Gasteiger partial charge in [-0.05, 0) is 86.4 Å². The molecule has 0 amide bonds. The van der Waals surface area contributed by atoms with E-state index in [4.69, 9.17) is 5.10 Å². The summed E-state index contributed by atoms with van der Waals surface area (Å²) in [6, 6.07) is 14.8. The molecule has 0 atom stereocenters. The Labute approximate surface area is 164 Å². The molecule has 0 saturated carbocycles. The van der Waals surface area contributed by atoms with Crippen LogP contribution in [-0.2, 0) is 6.42 Å². The monoisotopic (exact) mass is 374 g/mol. The number of halogens is 1. The summed E-state index contributed by atoms with van der Waals surface area (Å²) >= 11 is 0. The lowest BCUT2D eigenvalue weighted by atomic mass is 10.0. The summed E-state index contributed by atoms with van der Waals surface area (Å²) in [5.74, 6) is -0.248. The van der Waals surface area contributed by atoms with Crippen LogP contribution in [0.1, 0.15) is 18.4 Å². The van der Waals surface area contributed by atoms with E-state index >= 15 is 0 Å². The Bertz CT molecular complexity index is 1060. The van der Waals surface area contributed by atoms with Crippen LogP contribution in [0.2, 0.25) is 0 Å². The summed E-state index contributed by atoms with van der Waals surface area (Å²) in [6.07, 6.45) is 8.97. The summed E-state index contributed by atoms with van der Waals surface area (Å²) in [4.78, 5) is 4.13. The van der Waals surface area contributed by atoms with Gasteiger partial charge in [0, 0.05) is 29.7 Å². The molecule has 1 aromatic carbocycles. The van der Waals surface area contributed by atoms with E-state index in [-0.39, 0.29) is 5.82 Å². The van der Waals surface area contributed by atoms with Gasteiger partial charge < -0.3 is 5.32 Å². The summed E-state index contributed by atoms with van der Waals surface area (Å²) < 4.78 is 15.4. The molecule has 3 heterocycles. The highest BCUT2D eigenvalue weighted by atomic mass is 19.1. The lowest BCUT2D eigenvalue weighted by Crippen LogP contribution is -2.07. The smallest absolute Gasteiger partial charge is 0.123 e. The molecular weight excluding hydrogens is 351 g/mol. The van der Waals surface area contributed by atoms with Gasteiger partial charge in [0.25, 0.3) is 0 Å². The number of rotatable bonds is 7. The van der Waals surface area contributed by atoms with Crippen LogP contribution in [0.5, 0.6) is 0 Å². The molecule has 0 saturated heterocycles. The first-order chi connectivity index (χ1) is 13.8. The maximum atomic E-state index is 13.4. The van der Waals surface area contributed by atoms with E-state index < -0.39 is 0 Å². The van der Waals surface area contributed by atoms with Crippen LogP contribution < -0.4 is 5.32 Å². The van der Waals surface area contributed by atoms with Crippen LogP contribution in [0.3, 0.4) is 0 Å². The average molecular weight is 374 g/mol. The molecule has 4 aromatic rings. The SMILES string of the molecule is CNCCCCc1ccc2c(-c3ccncc3)c(-c3ccc(F)cc3)nn2c1. The van der Waals surface area contributed by atoms with E-state index in [1.165, 1.54) is 17.7 Å².